The molecule has 3 nitrogen and oxygen atoms in total. The zero-order valence-corrected chi connectivity index (χ0v) is 7.04. The summed E-state index contributed by atoms with van der Waals surface area (Å²) < 4.78 is 0. The van der Waals surface area contributed by atoms with Crippen LogP contribution < -0.4 is 0 Å². The molecule has 0 unspecified atom stereocenters. The summed E-state index contributed by atoms with van der Waals surface area (Å²) in [4.78, 5) is 1.52. The zero-order valence-electron chi connectivity index (χ0n) is 7.04. The summed E-state index contributed by atoms with van der Waals surface area (Å²) in [6.07, 6.45) is 7.07. The van der Waals surface area contributed by atoms with Gasteiger partial charge in [0.05, 0.1) is 18.6 Å². The predicted molar refractivity (Wildman–Crippen MR) is 51.7 cm³/mol. The van der Waals surface area contributed by atoms with Crippen molar-refractivity contribution in [3.63, 3.8) is 0 Å². The Morgan fingerprint density at radius 3 is 2.38 bits per heavy atom. The molecule has 3 heteroatoms. The van der Waals surface area contributed by atoms with Gasteiger partial charge in [-0.1, -0.05) is 30.3 Å². The third-order valence-electron chi connectivity index (χ3n) is 1.64. The maximum atomic E-state index is 3.95. The van der Waals surface area contributed by atoms with Crippen molar-refractivity contribution in [2.45, 2.75) is 0 Å². The van der Waals surface area contributed by atoms with Crippen LogP contribution in [0.2, 0.25) is 0 Å². The highest BCUT2D eigenvalue weighted by Crippen LogP contribution is 2.00. The number of rotatable bonds is 2. The van der Waals surface area contributed by atoms with Crippen molar-refractivity contribution in [2.24, 2.45) is 0 Å². The number of benzene rings is 1. The molecule has 0 aliphatic rings. The molecule has 0 saturated carbocycles. The molecule has 0 amide bonds. The third-order valence-corrected chi connectivity index (χ3v) is 1.64. The fourth-order valence-electron chi connectivity index (χ4n) is 1.02. The number of aromatic nitrogens is 3. The van der Waals surface area contributed by atoms with Crippen molar-refractivity contribution >= 4 is 12.3 Å². The van der Waals surface area contributed by atoms with E-state index in [1.165, 1.54) is 4.80 Å². The van der Waals surface area contributed by atoms with E-state index in [-0.39, 0.29) is 0 Å². The number of hydrogen-bond donors (Lipinski definition) is 0. The van der Waals surface area contributed by atoms with Crippen molar-refractivity contribution < 1.29 is 0 Å². The molecule has 2 rings (SSSR count). The largest absolute Gasteiger partial charge is 0.159 e. The van der Waals surface area contributed by atoms with Gasteiger partial charge in [0.2, 0.25) is 0 Å². The third kappa shape index (κ3) is 2.02. The molecule has 0 aliphatic heterocycles. The Morgan fingerprint density at radius 1 is 1.00 bits per heavy atom. The second-order valence-electron chi connectivity index (χ2n) is 2.58. The van der Waals surface area contributed by atoms with Crippen LogP contribution in [0.25, 0.3) is 12.3 Å². The van der Waals surface area contributed by atoms with Gasteiger partial charge in [-0.25, -0.2) is 0 Å². The van der Waals surface area contributed by atoms with Gasteiger partial charge in [0.25, 0.3) is 0 Å². The van der Waals surface area contributed by atoms with Crippen LogP contribution in [0, 0.1) is 0 Å². The fourth-order valence-corrected chi connectivity index (χ4v) is 1.02. The Hall–Kier alpha value is -1.90. The second-order valence-corrected chi connectivity index (χ2v) is 2.58. The van der Waals surface area contributed by atoms with Crippen LogP contribution in [-0.4, -0.2) is 15.0 Å². The molecule has 2 aromatic rings. The van der Waals surface area contributed by atoms with Gasteiger partial charge in [0.1, 0.15) is 0 Å². The van der Waals surface area contributed by atoms with E-state index >= 15 is 0 Å². The van der Waals surface area contributed by atoms with Crippen LogP contribution in [0.4, 0.5) is 0 Å². The first-order valence-electron chi connectivity index (χ1n) is 4.04. The van der Waals surface area contributed by atoms with E-state index in [0.717, 1.165) is 5.56 Å². The maximum absolute atomic E-state index is 3.95. The molecule has 64 valence electrons. The monoisotopic (exact) mass is 171 g/mol. The van der Waals surface area contributed by atoms with Crippen LogP contribution in [0.15, 0.2) is 42.7 Å². The van der Waals surface area contributed by atoms with Crippen molar-refractivity contribution in [3.8, 4) is 0 Å². The van der Waals surface area contributed by atoms with Gasteiger partial charge in [0, 0.05) is 0 Å². The highest BCUT2D eigenvalue weighted by atomic mass is 15.4. The first-order valence-corrected chi connectivity index (χ1v) is 4.04. The van der Waals surface area contributed by atoms with E-state index < -0.39 is 0 Å². The molecule has 1 aromatic carbocycles. The molecular formula is C10H9N3. The summed E-state index contributed by atoms with van der Waals surface area (Å²) in [6.45, 7) is 0. The van der Waals surface area contributed by atoms with Gasteiger partial charge in [-0.05, 0) is 11.6 Å². The van der Waals surface area contributed by atoms with Crippen LogP contribution in [-0.2, 0) is 0 Å². The number of hydrogen-bond acceptors (Lipinski definition) is 2. The topological polar surface area (TPSA) is 30.7 Å². The van der Waals surface area contributed by atoms with E-state index in [9.17, 15) is 0 Å². The Kier molecular flexibility index (Phi) is 2.18. The molecule has 0 atom stereocenters. The Morgan fingerprint density at radius 2 is 1.69 bits per heavy atom. The Bertz CT molecular complexity index is 376. The van der Waals surface area contributed by atoms with E-state index in [1.807, 2.05) is 42.6 Å². The minimum absolute atomic E-state index is 1.14. The minimum atomic E-state index is 1.14. The molecular weight excluding hydrogens is 162 g/mol. The zero-order chi connectivity index (χ0) is 8.93. The Balaban J connectivity index is 2.15. The number of nitrogens with zero attached hydrogens (tertiary/aromatic N) is 3. The average Bonchev–Trinajstić information content (AvgIpc) is 2.69. The molecule has 0 spiro atoms. The van der Waals surface area contributed by atoms with Gasteiger partial charge >= 0.3 is 0 Å². The first kappa shape index (κ1) is 7.73. The lowest BCUT2D eigenvalue weighted by molar-refractivity contribution is 0.799. The summed E-state index contributed by atoms with van der Waals surface area (Å²) in [5.74, 6) is 0. The molecule has 0 N–H and O–H groups in total. The maximum Gasteiger partial charge on any atom is 0.0697 e. The SMILES string of the molecule is C(=C\n1nccn1)/c1ccccc1. The van der Waals surface area contributed by atoms with Gasteiger partial charge in [-0.3, -0.25) is 0 Å². The average molecular weight is 171 g/mol. The minimum Gasteiger partial charge on any atom is -0.159 e. The lowest BCUT2D eigenvalue weighted by Crippen LogP contribution is -1.89. The fraction of sp³-hybridized carbons (Fsp3) is 0. The summed E-state index contributed by atoms with van der Waals surface area (Å²) in [5.41, 5.74) is 1.14. The Labute approximate surface area is 76.3 Å². The second kappa shape index (κ2) is 3.67. The van der Waals surface area contributed by atoms with Crippen molar-refractivity contribution in [1.82, 2.24) is 15.0 Å². The highest BCUT2D eigenvalue weighted by Gasteiger charge is 1.84. The lowest BCUT2D eigenvalue weighted by atomic mass is 10.2. The molecule has 0 fully saturated rings. The molecule has 1 heterocycles. The normalized spacial score (nSPS) is 10.8. The van der Waals surface area contributed by atoms with Crippen LogP contribution >= 0.6 is 0 Å². The van der Waals surface area contributed by atoms with Crippen molar-refractivity contribution in [2.75, 3.05) is 0 Å². The van der Waals surface area contributed by atoms with E-state index in [0.29, 0.717) is 0 Å². The van der Waals surface area contributed by atoms with E-state index in [1.54, 1.807) is 12.4 Å². The van der Waals surface area contributed by atoms with Crippen molar-refractivity contribution in [1.29, 1.82) is 0 Å². The lowest BCUT2D eigenvalue weighted by Gasteiger charge is -1.90. The molecule has 13 heavy (non-hydrogen) atoms. The molecule has 0 radical (unpaired) electrons. The summed E-state index contributed by atoms with van der Waals surface area (Å²) >= 11 is 0. The summed E-state index contributed by atoms with van der Waals surface area (Å²) in [5, 5.41) is 7.90. The van der Waals surface area contributed by atoms with Gasteiger partial charge in [0.15, 0.2) is 0 Å². The van der Waals surface area contributed by atoms with E-state index in [4.69, 9.17) is 0 Å². The van der Waals surface area contributed by atoms with E-state index in [2.05, 4.69) is 10.2 Å². The molecule has 0 aliphatic carbocycles. The van der Waals surface area contributed by atoms with Gasteiger partial charge < -0.3 is 0 Å². The molecule has 0 saturated heterocycles. The molecule has 1 aromatic heterocycles. The molecule has 0 bridgehead atoms. The standard InChI is InChI=1S/C10H9N3/c1-2-4-10(5-3-1)6-9-13-11-7-8-12-13/h1-9H/b9-6+. The van der Waals surface area contributed by atoms with Gasteiger partial charge in [-0.2, -0.15) is 15.0 Å². The quantitative estimate of drug-likeness (QED) is 0.691. The summed E-state index contributed by atoms with van der Waals surface area (Å²) in [6, 6.07) is 10.0. The van der Waals surface area contributed by atoms with Crippen LogP contribution in [0.3, 0.4) is 0 Å². The smallest absolute Gasteiger partial charge is 0.0697 e. The van der Waals surface area contributed by atoms with Crippen LogP contribution in [0.1, 0.15) is 5.56 Å². The predicted octanol–water partition coefficient (Wildman–Crippen LogP) is 1.91. The van der Waals surface area contributed by atoms with Crippen molar-refractivity contribution in [3.05, 3.63) is 48.3 Å². The highest BCUT2D eigenvalue weighted by molar-refractivity contribution is 5.59. The van der Waals surface area contributed by atoms with Gasteiger partial charge in [-0.15, -0.1) is 0 Å². The first-order chi connectivity index (χ1) is 6.45. The summed E-state index contributed by atoms with van der Waals surface area (Å²) in [7, 11) is 0. The van der Waals surface area contributed by atoms with Crippen LogP contribution in [0.5, 0.6) is 0 Å².